The summed E-state index contributed by atoms with van der Waals surface area (Å²) >= 11 is 3.49. The molecule has 2 rings (SSSR count). The van der Waals surface area contributed by atoms with Gasteiger partial charge in [-0.3, -0.25) is 4.79 Å². The van der Waals surface area contributed by atoms with Gasteiger partial charge in [0.1, 0.15) is 5.75 Å². The van der Waals surface area contributed by atoms with E-state index in [2.05, 4.69) is 15.9 Å². The second-order valence-corrected chi connectivity index (χ2v) is 5.96. The van der Waals surface area contributed by atoms with Crippen LogP contribution in [0.5, 0.6) is 5.75 Å². The van der Waals surface area contributed by atoms with Gasteiger partial charge in [0.05, 0.1) is 4.47 Å². The Bertz CT molecular complexity index is 477. The lowest BCUT2D eigenvalue weighted by Gasteiger charge is -2.15. The number of benzene rings is 1. The van der Waals surface area contributed by atoms with E-state index in [1.165, 1.54) is 0 Å². The second kappa shape index (κ2) is 5.92. The molecular weight excluding hydrogens is 308 g/mol. The molecule has 0 aliphatic carbocycles. The zero-order valence-electron chi connectivity index (χ0n) is 11.2. The number of likely N-dealkylation sites (N-methyl/N-ethyl adjacent to an activating group) is 1. The first-order valence-corrected chi connectivity index (χ1v) is 7.22. The highest BCUT2D eigenvalue weighted by molar-refractivity contribution is 9.10. The van der Waals surface area contributed by atoms with Crippen LogP contribution in [0.15, 0.2) is 22.7 Å². The van der Waals surface area contributed by atoms with E-state index in [0.29, 0.717) is 5.75 Å². The SMILES string of the molecule is CC(N)Cc1ccc(OC2CCN(C)C2=O)c(Br)c1. The molecule has 0 radical (unpaired) electrons. The van der Waals surface area contributed by atoms with Crippen LogP contribution < -0.4 is 10.5 Å². The Hall–Kier alpha value is -1.07. The van der Waals surface area contributed by atoms with E-state index in [1.54, 1.807) is 11.9 Å². The van der Waals surface area contributed by atoms with E-state index in [9.17, 15) is 4.79 Å². The lowest BCUT2D eigenvalue weighted by atomic mass is 10.1. The molecule has 1 fully saturated rings. The minimum absolute atomic E-state index is 0.0477. The number of carbonyl (C=O) groups excluding carboxylic acids is 1. The first-order chi connectivity index (χ1) is 8.97. The summed E-state index contributed by atoms with van der Waals surface area (Å²) in [5.74, 6) is 0.758. The molecule has 0 saturated carbocycles. The number of halogens is 1. The van der Waals surface area contributed by atoms with E-state index in [1.807, 2.05) is 25.1 Å². The summed E-state index contributed by atoms with van der Waals surface area (Å²) in [5, 5.41) is 0. The van der Waals surface area contributed by atoms with Crippen LogP contribution in [0.1, 0.15) is 18.9 Å². The van der Waals surface area contributed by atoms with E-state index >= 15 is 0 Å². The van der Waals surface area contributed by atoms with Gasteiger partial charge in [0, 0.05) is 26.1 Å². The number of nitrogens with two attached hydrogens (primary N) is 1. The molecule has 2 atom stereocenters. The Morgan fingerprint density at radius 3 is 2.84 bits per heavy atom. The molecule has 0 spiro atoms. The molecule has 104 valence electrons. The third-order valence-corrected chi connectivity index (χ3v) is 3.82. The second-order valence-electron chi connectivity index (χ2n) is 5.10. The number of carbonyl (C=O) groups is 1. The molecule has 1 aliphatic heterocycles. The van der Waals surface area contributed by atoms with Crippen LogP contribution >= 0.6 is 15.9 Å². The summed E-state index contributed by atoms with van der Waals surface area (Å²) in [7, 11) is 1.80. The molecule has 1 aromatic carbocycles. The summed E-state index contributed by atoms with van der Waals surface area (Å²) in [4.78, 5) is 13.5. The van der Waals surface area contributed by atoms with Crippen LogP contribution in [0.2, 0.25) is 0 Å². The lowest BCUT2D eigenvalue weighted by Crippen LogP contribution is -2.29. The summed E-state index contributed by atoms with van der Waals surface area (Å²) in [5.41, 5.74) is 6.94. The number of hydrogen-bond acceptors (Lipinski definition) is 3. The van der Waals surface area contributed by atoms with Gasteiger partial charge in [0.25, 0.3) is 5.91 Å². The first kappa shape index (κ1) is 14.3. The lowest BCUT2D eigenvalue weighted by molar-refractivity contribution is -0.132. The molecule has 0 aromatic heterocycles. The van der Waals surface area contributed by atoms with Crippen LogP contribution in [0, 0.1) is 0 Å². The van der Waals surface area contributed by atoms with Gasteiger partial charge in [-0.05, 0) is 47.0 Å². The van der Waals surface area contributed by atoms with Gasteiger partial charge < -0.3 is 15.4 Å². The molecule has 0 bridgehead atoms. The third kappa shape index (κ3) is 3.48. The van der Waals surface area contributed by atoms with Gasteiger partial charge in [0.2, 0.25) is 0 Å². The van der Waals surface area contributed by atoms with Crippen LogP contribution in [-0.2, 0) is 11.2 Å². The standard InChI is InChI=1S/C14H19BrN2O2/c1-9(16)7-10-3-4-12(11(15)8-10)19-13-5-6-17(2)14(13)18/h3-4,8-9,13H,5-7,16H2,1-2H3. The number of nitrogens with zero attached hydrogens (tertiary/aromatic N) is 1. The minimum Gasteiger partial charge on any atom is -0.479 e. The first-order valence-electron chi connectivity index (χ1n) is 6.43. The van der Waals surface area contributed by atoms with Crippen molar-refractivity contribution in [1.29, 1.82) is 0 Å². The van der Waals surface area contributed by atoms with Crippen molar-refractivity contribution in [2.45, 2.75) is 31.9 Å². The van der Waals surface area contributed by atoms with Gasteiger partial charge in [-0.25, -0.2) is 0 Å². The van der Waals surface area contributed by atoms with E-state index in [0.717, 1.165) is 29.4 Å². The van der Waals surface area contributed by atoms with Crippen molar-refractivity contribution in [3.05, 3.63) is 28.2 Å². The van der Waals surface area contributed by atoms with Crippen molar-refractivity contribution in [2.75, 3.05) is 13.6 Å². The van der Waals surface area contributed by atoms with Crippen molar-refractivity contribution in [3.63, 3.8) is 0 Å². The van der Waals surface area contributed by atoms with Crippen LogP contribution in [-0.4, -0.2) is 36.5 Å². The van der Waals surface area contributed by atoms with Gasteiger partial charge in [0.15, 0.2) is 6.10 Å². The van der Waals surface area contributed by atoms with E-state index in [4.69, 9.17) is 10.5 Å². The normalized spacial score (nSPS) is 20.7. The Morgan fingerprint density at radius 1 is 1.58 bits per heavy atom. The topological polar surface area (TPSA) is 55.6 Å². The van der Waals surface area contributed by atoms with Gasteiger partial charge >= 0.3 is 0 Å². The molecule has 2 unspecified atom stereocenters. The largest absolute Gasteiger partial charge is 0.479 e. The smallest absolute Gasteiger partial charge is 0.263 e. The highest BCUT2D eigenvalue weighted by Gasteiger charge is 2.31. The van der Waals surface area contributed by atoms with Crippen LogP contribution in [0.3, 0.4) is 0 Å². The fraction of sp³-hybridized carbons (Fsp3) is 0.500. The summed E-state index contributed by atoms with van der Waals surface area (Å²) < 4.78 is 6.65. The highest BCUT2D eigenvalue weighted by atomic mass is 79.9. The number of ether oxygens (including phenoxy) is 1. The maximum atomic E-state index is 11.8. The fourth-order valence-corrected chi connectivity index (χ4v) is 2.71. The Kier molecular flexibility index (Phi) is 4.47. The maximum Gasteiger partial charge on any atom is 0.263 e. The molecule has 1 amide bonds. The summed E-state index contributed by atoms with van der Waals surface area (Å²) in [6, 6.07) is 6.02. The van der Waals surface area contributed by atoms with Crippen molar-refractivity contribution in [1.82, 2.24) is 4.90 Å². The van der Waals surface area contributed by atoms with Crippen molar-refractivity contribution in [3.8, 4) is 5.75 Å². The molecule has 1 aromatic rings. The molecule has 1 heterocycles. The molecule has 19 heavy (non-hydrogen) atoms. The number of amides is 1. The highest BCUT2D eigenvalue weighted by Crippen LogP contribution is 2.29. The maximum absolute atomic E-state index is 11.8. The number of rotatable bonds is 4. The van der Waals surface area contributed by atoms with Gasteiger partial charge in [-0.15, -0.1) is 0 Å². The molecule has 5 heteroatoms. The quantitative estimate of drug-likeness (QED) is 0.920. The van der Waals surface area contributed by atoms with E-state index in [-0.39, 0.29) is 18.1 Å². The average molecular weight is 327 g/mol. The van der Waals surface area contributed by atoms with E-state index < -0.39 is 0 Å². The van der Waals surface area contributed by atoms with Crippen molar-refractivity contribution >= 4 is 21.8 Å². The molecule has 1 aliphatic rings. The number of likely N-dealkylation sites (tertiary alicyclic amines) is 1. The molecular formula is C14H19BrN2O2. The molecule has 2 N–H and O–H groups in total. The summed E-state index contributed by atoms with van der Waals surface area (Å²) in [6.07, 6.45) is 1.20. The Labute approximate surface area is 122 Å². The van der Waals surface area contributed by atoms with Crippen LogP contribution in [0.4, 0.5) is 0 Å². The summed E-state index contributed by atoms with van der Waals surface area (Å²) in [6.45, 7) is 2.73. The van der Waals surface area contributed by atoms with Crippen LogP contribution in [0.25, 0.3) is 0 Å². The average Bonchev–Trinajstić information content (AvgIpc) is 2.64. The monoisotopic (exact) mass is 326 g/mol. The predicted octanol–water partition coefficient (Wildman–Crippen LogP) is 1.95. The number of hydrogen-bond donors (Lipinski definition) is 1. The fourth-order valence-electron chi connectivity index (χ4n) is 2.19. The van der Waals surface area contributed by atoms with Gasteiger partial charge in [-0.2, -0.15) is 0 Å². The third-order valence-electron chi connectivity index (χ3n) is 3.20. The molecule has 4 nitrogen and oxygen atoms in total. The van der Waals surface area contributed by atoms with Crippen molar-refractivity contribution in [2.24, 2.45) is 5.73 Å². The van der Waals surface area contributed by atoms with Gasteiger partial charge in [-0.1, -0.05) is 6.07 Å². The zero-order chi connectivity index (χ0) is 14.0. The molecule has 1 saturated heterocycles. The minimum atomic E-state index is -0.361. The Balaban J connectivity index is 2.07. The van der Waals surface area contributed by atoms with Crippen molar-refractivity contribution < 1.29 is 9.53 Å². The zero-order valence-corrected chi connectivity index (χ0v) is 12.8. The predicted molar refractivity (Wildman–Crippen MR) is 78.2 cm³/mol. The Morgan fingerprint density at radius 2 is 2.32 bits per heavy atom.